The number of hydrogen-bond donors (Lipinski definition) is 2. The molecule has 0 aliphatic heterocycles. The third kappa shape index (κ3) is 2.69. The smallest absolute Gasteiger partial charge is 0.169 e. The molecule has 4 rings (SSSR count). The van der Waals surface area contributed by atoms with Crippen LogP contribution in [0.4, 0.5) is 19.8 Å². The number of aromatic nitrogens is 2. The SMILES string of the molecule is N#Cc1cn(SF)c2cc(F)c(Nc3ccc(C4(O)CCC4)cc3)nc12. The lowest BCUT2D eigenvalue weighted by atomic mass is 9.75. The second kappa shape index (κ2) is 6.27. The van der Waals surface area contributed by atoms with Crippen LogP contribution in [0.3, 0.4) is 0 Å². The lowest BCUT2D eigenvalue weighted by Crippen LogP contribution is -2.33. The zero-order valence-corrected chi connectivity index (χ0v) is 14.4. The summed E-state index contributed by atoms with van der Waals surface area (Å²) >= 11 is -0.121. The van der Waals surface area contributed by atoms with Crippen LogP contribution >= 0.6 is 12.3 Å². The number of anilines is 2. The Hall–Kier alpha value is -2.63. The number of halogens is 2. The number of benzene rings is 1. The highest BCUT2D eigenvalue weighted by Gasteiger charge is 2.35. The Morgan fingerprint density at radius 1 is 1.31 bits per heavy atom. The number of nitrogens with one attached hydrogen (secondary N) is 1. The first-order chi connectivity index (χ1) is 12.5. The topological polar surface area (TPSA) is 73.9 Å². The third-order valence-corrected chi connectivity index (χ3v) is 5.21. The quantitative estimate of drug-likeness (QED) is 0.703. The number of rotatable bonds is 4. The van der Waals surface area contributed by atoms with Crippen LogP contribution in [0.2, 0.25) is 0 Å². The van der Waals surface area contributed by atoms with Crippen molar-refractivity contribution < 1.29 is 13.4 Å². The molecule has 3 aromatic rings. The van der Waals surface area contributed by atoms with Crippen LogP contribution in [0.15, 0.2) is 36.5 Å². The molecule has 1 saturated carbocycles. The maximum absolute atomic E-state index is 14.4. The van der Waals surface area contributed by atoms with Crippen LogP contribution in [0, 0.1) is 17.1 Å². The van der Waals surface area contributed by atoms with E-state index >= 15 is 0 Å². The van der Waals surface area contributed by atoms with Gasteiger partial charge in [0.05, 0.1) is 16.7 Å². The minimum absolute atomic E-state index is 0.0503. The lowest BCUT2D eigenvalue weighted by molar-refractivity contribution is -0.0387. The summed E-state index contributed by atoms with van der Waals surface area (Å²) in [6, 6.07) is 10.2. The van der Waals surface area contributed by atoms with E-state index in [1.54, 1.807) is 24.3 Å². The molecule has 2 aromatic heterocycles. The summed E-state index contributed by atoms with van der Waals surface area (Å²) in [5.74, 6) is -0.706. The summed E-state index contributed by atoms with van der Waals surface area (Å²) in [4.78, 5) is 4.15. The van der Waals surface area contributed by atoms with E-state index in [1.807, 2.05) is 6.07 Å². The Balaban J connectivity index is 1.66. The molecule has 8 heteroatoms. The zero-order chi connectivity index (χ0) is 18.3. The molecule has 0 bridgehead atoms. The van der Waals surface area contributed by atoms with Crippen molar-refractivity contribution in [1.29, 1.82) is 5.26 Å². The van der Waals surface area contributed by atoms with Crippen molar-refractivity contribution in [3.63, 3.8) is 0 Å². The maximum Gasteiger partial charge on any atom is 0.169 e. The van der Waals surface area contributed by atoms with E-state index in [0.29, 0.717) is 5.69 Å². The normalized spacial score (nSPS) is 15.5. The molecule has 5 nitrogen and oxygen atoms in total. The van der Waals surface area contributed by atoms with Gasteiger partial charge < -0.3 is 10.4 Å². The van der Waals surface area contributed by atoms with Gasteiger partial charge >= 0.3 is 0 Å². The second-order valence-electron chi connectivity index (χ2n) is 6.32. The molecular formula is C18H14F2N4OS. The van der Waals surface area contributed by atoms with Crippen molar-refractivity contribution >= 4 is 34.9 Å². The van der Waals surface area contributed by atoms with Crippen LogP contribution in [0.25, 0.3) is 11.0 Å². The van der Waals surface area contributed by atoms with E-state index in [4.69, 9.17) is 5.26 Å². The minimum Gasteiger partial charge on any atom is -0.385 e. The molecular weight excluding hydrogens is 358 g/mol. The van der Waals surface area contributed by atoms with Gasteiger partial charge in [-0.3, -0.25) is 3.97 Å². The van der Waals surface area contributed by atoms with Gasteiger partial charge in [0.2, 0.25) is 0 Å². The van der Waals surface area contributed by atoms with Gasteiger partial charge in [-0.1, -0.05) is 12.1 Å². The Labute approximate surface area is 152 Å². The number of nitrogens with zero attached hydrogens (tertiary/aromatic N) is 3. The molecule has 2 heterocycles. The number of fused-ring (bicyclic) bond motifs is 1. The van der Waals surface area contributed by atoms with Crippen molar-refractivity contribution in [2.45, 2.75) is 24.9 Å². The average Bonchev–Trinajstić information content (AvgIpc) is 2.97. The number of hydrogen-bond acceptors (Lipinski definition) is 5. The summed E-state index contributed by atoms with van der Waals surface area (Å²) in [5.41, 5.74) is 1.26. The molecule has 0 saturated heterocycles. The van der Waals surface area contributed by atoms with Crippen molar-refractivity contribution in [2.24, 2.45) is 0 Å². The Morgan fingerprint density at radius 3 is 2.62 bits per heavy atom. The molecule has 132 valence electrons. The molecule has 26 heavy (non-hydrogen) atoms. The van der Waals surface area contributed by atoms with Gasteiger partial charge in [0, 0.05) is 18.0 Å². The van der Waals surface area contributed by atoms with Crippen LogP contribution < -0.4 is 5.32 Å². The number of pyridine rings is 1. The van der Waals surface area contributed by atoms with Crippen LogP contribution in [-0.2, 0) is 5.60 Å². The first-order valence-electron chi connectivity index (χ1n) is 8.05. The molecule has 1 aliphatic carbocycles. The highest BCUT2D eigenvalue weighted by molar-refractivity contribution is 7.92. The van der Waals surface area contributed by atoms with Crippen LogP contribution in [0.5, 0.6) is 0 Å². The first-order valence-corrected chi connectivity index (χ1v) is 8.72. The van der Waals surface area contributed by atoms with E-state index in [1.165, 1.54) is 6.20 Å². The van der Waals surface area contributed by atoms with Crippen LogP contribution in [-0.4, -0.2) is 14.1 Å². The predicted octanol–water partition coefficient (Wildman–Crippen LogP) is 4.54. The van der Waals surface area contributed by atoms with Gasteiger partial charge in [0.15, 0.2) is 24.0 Å². The highest BCUT2D eigenvalue weighted by atomic mass is 32.2. The molecule has 0 spiro atoms. The van der Waals surface area contributed by atoms with E-state index in [0.717, 1.165) is 34.9 Å². The summed E-state index contributed by atoms with van der Waals surface area (Å²) in [7, 11) is 0. The van der Waals surface area contributed by atoms with Gasteiger partial charge in [-0.2, -0.15) is 5.26 Å². The first kappa shape index (κ1) is 16.8. The summed E-state index contributed by atoms with van der Waals surface area (Å²) in [6.45, 7) is 0. The molecule has 0 radical (unpaired) electrons. The van der Waals surface area contributed by atoms with Crippen LogP contribution in [0.1, 0.15) is 30.4 Å². The molecule has 2 N–H and O–H groups in total. The molecule has 0 unspecified atom stereocenters. The van der Waals surface area contributed by atoms with Gasteiger partial charge in [-0.15, -0.1) is 3.89 Å². The maximum atomic E-state index is 14.4. The largest absolute Gasteiger partial charge is 0.385 e. The zero-order valence-electron chi connectivity index (χ0n) is 13.5. The fourth-order valence-corrected chi connectivity index (χ4v) is 3.48. The van der Waals surface area contributed by atoms with Crippen molar-refractivity contribution in [2.75, 3.05) is 5.32 Å². The Morgan fingerprint density at radius 2 is 2.04 bits per heavy atom. The van der Waals surface area contributed by atoms with E-state index in [9.17, 15) is 13.4 Å². The Bertz CT molecular complexity index is 1020. The molecule has 1 aliphatic rings. The molecule has 1 aromatic carbocycles. The van der Waals surface area contributed by atoms with Gasteiger partial charge in [0.1, 0.15) is 11.6 Å². The molecule has 0 amide bonds. The van der Waals surface area contributed by atoms with Crippen molar-refractivity contribution in [1.82, 2.24) is 8.96 Å². The van der Waals surface area contributed by atoms with Gasteiger partial charge in [0.25, 0.3) is 0 Å². The fourth-order valence-electron chi connectivity index (χ4n) is 3.12. The van der Waals surface area contributed by atoms with Gasteiger partial charge in [-0.25, -0.2) is 9.37 Å². The number of nitriles is 1. The molecule has 0 atom stereocenters. The minimum atomic E-state index is -0.754. The van der Waals surface area contributed by atoms with Crippen molar-refractivity contribution in [3.8, 4) is 6.07 Å². The third-order valence-electron chi connectivity index (χ3n) is 4.76. The average molecular weight is 372 g/mol. The van der Waals surface area contributed by atoms with E-state index in [2.05, 4.69) is 10.3 Å². The fraction of sp³-hybridized carbons (Fsp3) is 0.222. The lowest BCUT2D eigenvalue weighted by Gasteiger charge is -2.37. The molecule has 1 fully saturated rings. The van der Waals surface area contributed by atoms with E-state index < -0.39 is 11.4 Å². The second-order valence-corrected chi connectivity index (χ2v) is 6.85. The number of aliphatic hydroxyl groups is 1. The summed E-state index contributed by atoms with van der Waals surface area (Å²) < 4.78 is 28.4. The predicted molar refractivity (Wildman–Crippen MR) is 96.0 cm³/mol. The van der Waals surface area contributed by atoms with Gasteiger partial charge in [-0.05, 0) is 37.0 Å². The standard InChI is InChI=1S/C18H14F2N4OS/c19-14-8-15-16(11(9-21)10-24(15)26-20)23-17(14)22-13-4-2-12(3-5-13)18(25)6-1-7-18/h2-5,8,10,25H,1,6-7H2,(H,22,23). The highest BCUT2D eigenvalue weighted by Crippen LogP contribution is 2.41. The van der Waals surface area contributed by atoms with E-state index in [-0.39, 0.29) is 34.7 Å². The monoisotopic (exact) mass is 372 g/mol. The summed E-state index contributed by atoms with van der Waals surface area (Å²) in [6.07, 6.45) is 3.77. The Kier molecular flexibility index (Phi) is 4.05. The summed E-state index contributed by atoms with van der Waals surface area (Å²) in [5, 5.41) is 22.4. The van der Waals surface area contributed by atoms with Crippen molar-refractivity contribution in [3.05, 3.63) is 53.5 Å².